The van der Waals surface area contributed by atoms with Crippen LogP contribution in [0, 0.1) is 0 Å². The van der Waals surface area contributed by atoms with E-state index in [-0.39, 0.29) is 35.2 Å². The molecule has 1 aliphatic heterocycles. The summed E-state index contributed by atoms with van der Waals surface area (Å²) in [5.74, 6) is 0.920. The van der Waals surface area contributed by atoms with Crippen molar-refractivity contribution in [2.45, 2.75) is 37.4 Å². The normalized spacial score (nSPS) is 19.3. The molecule has 3 rings (SSSR count). The van der Waals surface area contributed by atoms with Crippen LogP contribution in [0.15, 0.2) is 26.2 Å². The molecule has 146 valence electrons. The van der Waals surface area contributed by atoms with Gasteiger partial charge in [0.05, 0.1) is 6.04 Å². The van der Waals surface area contributed by atoms with E-state index in [1.807, 2.05) is 7.05 Å². The summed E-state index contributed by atoms with van der Waals surface area (Å²) < 4.78 is 37.8. The van der Waals surface area contributed by atoms with Gasteiger partial charge in [0, 0.05) is 25.2 Å². The lowest BCUT2D eigenvalue weighted by Crippen LogP contribution is -2.44. The standard InChI is InChI=1S/C15H23N5O4S.ClH/c1-15(2,3)19-25(21,22)12-6-5-11(23-12)14-17-13(18-24-14)10-9-16-7-8-20(10)4;/h5-6,10,16,19H,7-9H2,1-4H3;1H. The van der Waals surface area contributed by atoms with Crippen LogP contribution in [0.3, 0.4) is 0 Å². The number of hydrogen-bond acceptors (Lipinski definition) is 8. The SMILES string of the molecule is CN1CCNCC1c1noc(-c2ccc(S(=O)(=O)NC(C)(C)C)o2)n1.Cl. The minimum Gasteiger partial charge on any atom is -0.438 e. The average molecular weight is 406 g/mol. The van der Waals surface area contributed by atoms with E-state index in [9.17, 15) is 8.42 Å². The molecule has 3 heterocycles. The second kappa shape index (κ2) is 7.65. The van der Waals surface area contributed by atoms with Gasteiger partial charge in [0.1, 0.15) is 0 Å². The summed E-state index contributed by atoms with van der Waals surface area (Å²) in [6.07, 6.45) is 0. The van der Waals surface area contributed by atoms with Gasteiger partial charge in [-0.25, -0.2) is 13.1 Å². The topological polar surface area (TPSA) is 114 Å². The van der Waals surface area contributed by atoms with Gasteiger partial charge < -0.3 is 14.3 Å². The number of sulfonamides is 1. The van der Waals surface area contributed by atoms with E-state index in [0.717, 1.165) is 19.6 Å². The molecule has 0 bridgehead atoms. The van der Waals surface area contributed by atoms with E-state index in [4.69, 9.17) is 8.94 Å². The Balaban J connectivity index is 0.00000243. The summed E-state index contributed by atoms with van der Waals surface area (Å²) in [6.45, 7) is 7.80. The smallest absolute Gasteiger partial charge is 0.293 e. The van der Waals surface area contributed by atoms with Crippen molar-refractivity contribution in [3.63, 3.8) is 0 Å². The van der Waals surface area contributed by atoms with Crippen LogP contribution < -0.4 is 10.0 Å². The molecule has 0 aliphatic carbocycles. The maximum Gasteiger partial charge on any atom is 0.293 e. The highest BCUT2D eigenvalue weighted by atomic mass is 35.5. The first-order valence-corrected chi connectivity index (χ1v) is 9.53. The summed E-state index contributed by atoms with van der Waals surface area (Å²) in [7, 11) is -1.76. The minimum atomic E-state index is -3.75. The zero-order valence-electron chi connectivity index (χ0n) is 15.1. The lowest BCUT2D eigenvalue weighted by Gasteiger charge is -2.30. The number of furan rings is 1. The fraction of sp³-hybridized carbons (Fsp3) is 0.600. The Labute approximate surface area is 159 Å². The molecule has 9 nitrogen and oxygen atoms in total. The third-order valence-corrected chi connectivity index (χ3v) is 5.38. The van der Waals surface area contributed by atoms with Crippen LogP contribution in [0.25, 0.3) is 11.7 Å². The van der Waals surface area contributed by atoms with Gasteiger partial charge in [-0.15, -0.1) is 12.4 Å². The third-order valence-electron chi connectivity index (χ3n) is 3.75. The Hall–Kier alpha value is -1.46. The van der Waals surface area contributed by atoms with E-state index < -0.39 is 15.6 Å². The summed E-state index contributed by atoms with van der Waals surface area (Å²) >= 11 is 0. The van der Waals surface area contributed by atoms with E-state index in [2.05, 4.69) is 25.1 Å². The Morgan fingerprint density at radius 1 is 1.35 bits per heavy atom. The van der Waals surface area contributed by atoms with Crippen molar-refractivity contribution < 1.29 is 17.4 Å². The van der Waals surface area contributed by atoms with Gasteiger partial charge in [0.25, 0.3) is 15.9 Å². The van der Waals surface area contributed by atoms with Crippen LogP contribution in [-0.4, -0.2) is 55.7 Å². The van der Waals surface area contributed by atoms with Crippen LogP contribution in [0.4, 0.5) is 0 Å². The second-order valence-corrected chi connectivity index (χ2v) is 8.75. The number of rotatable bonds is 4. The van der Waals surface area contributed by atoms with Crippen molar-refractivity contribution in [3.8, 4) is 11.7 Å². The number of hydrogen-bond donors (Lipinski definition) is 2. The van der Waals surface area contributed by atoms with E-state index >= 15 is 0 Å². The van der Waals surface area contributed by atoms with Crippen LogP contribution in [0.1, 0.15) is 32.6 Å². The summed E-state index contributed by atoms with van der Waals surface area (Å²) in [4.78, 5) is 6.49. The number of nitrogens with zero attached hydrogens (tertiary/aromatic N) is 3. The van der Waals surface area contributed by atoms with Crippen molar-refractivity contribution in [2.75, 3.05) is 26.7 Å². The highest BCUT2D eigenvalue weighted by Gasteiger charge is 2.28. The molecular weight excluding hydrogens is 382 g/mol. The minimum absolute atomic E-state index is 0. The summed E-state index contributed by atoms with van der Waals surface area (Å²) in [5.41, 5.74) is -0.609. The number of nitrogens with one attached hydrogen (secondary N) is 2. The monoisotopic (exact) mass is 405 g/mol. The molecule has 1 unspecified atom stereocenters. The average Bonchev–Trinajstić information content (AvgIpc) is 3.14. The molecular formula is C15H24ClN5O4S. The fourth-order valence-corrected chi connectivity index (χ4v) is 3.95. The van der Waals surface area contributed by atoms with Gasteiger partial charge in [0.15, 0.2) is 11.6 Å². The highest BCUT2D eigenvalue weighted by molar-refractivity contribution is 7.89. The number of halogens is 1. The molecule has 0 amide bonds. The number of likely N-dealkylation sites (N-methyl/N-ethyl adjacent to an activating group) is 1. The summed E-state index contributed by atoms with van der Waals surface area (Å²) in [5, 5.41) is 7.10. The molecule has 1 atom stereocenters. The van der Waals surface area contributed by atoms with Gasteiger partial charge >= 0.3 is 0 Å². The van der Waals surface area contributed by atoms with Crippen molar-refractivity contribution in [1.82, 2.24) is 25.1 Å². The predicted octanol–water partition coefficient (Wildman–Crippen LogP) is 1.40. The first-order chi connectivity index (χ1) is 11.7. The van der Waals surface area contributed by atoms with Crippen LogP contribution in [0.5, 0.6) is 0 Å². The fourth-order valence-electron chi connectivity index (χ4n) is 2.60. The van der Waals surface area contributed by atoms with E-state index in [1.165, 1.54) is 12.1 Å². The second-order valence-electron chi connectivity index (χ2n) is 7.13. The maximum atomic E-state index is 12.3. The van der Waals surface area contributed by atoms with Crippen molar-refractivity contribution >= 4 is 22.4 Å². The molecule has 26 heavy (non-hydrogen) atoms. The van der Waals surface area contributed by atoms with Gasteiger partial charge in [-0.1, -0.05) is 5.16 Å². The molecule has 1 aliphatic rings. The first kappa shape index (κ1) is 20.8. The lowest BCUT2D eigenvalue weighted by atomic mass is 10.1. The van der Waals surface area contributed by atoms with Gasteiger partial charge in [-0.2, -0.15) is 4.98 Å². The van der Waals surface area contributed by atoms with Crippen molar-refractivity contribution in [2.24, 2.45) is 0 Å². The molecule has 2 aromatic heterocycles. The Bertz CT molecular complexity index is 842. The molecule has 0 spiro atoms. The zero-order chi connectivity index (χ0) is 18.2. The molecule has 2 aromatic rings. The highest BCUT2D eigenvalue weighted by Crippen LogP contribution is 2.26. The van der Waals surface area contributed by atoms with Crippen LogP contribution in [-0.2, 0) is 10.0 Å². The molecule has 1 fully saturated rings. The Morgan fingerprint density at radius 2 is 2.08 bits per heavy atom. The summed E-state index contributed by atoms with van der Waals surface area (Å²) in [6, 6.07) is 2.89. The number of aromatic nitrogens is 2. The van der Waals surface area contributed by atoms with Crippen LogP contribution >= 0.6 is 12.4 Å². The van der Waals surface area contributed by atoms with Gasteiger partial charge in [-0.3, -0.25) is 4.90 Å². The van der Waals surface area contributed by atoms with Crippen molar-refractivity contribution in [3.05, 3.63) is 18.0 Å². The third kappa shape index (κ3) is 4.63. The van der Waals surface area contributed by atoms with Gasteiger partial charge in [-0.05, 0) is 40.0 Å². The van der Waals surface area contributed by atoms with Gasteiger partial charge in [0.2, 0.25) is 5.09 Å². The molecule has 0 saturated carbocycles. The lowest BCUT2D eigenvalue weighted by molar-refractivity contribution is 0.190. The van der Waals surface area contributed by atoms with Crippen LogP contribution in [0.2, 0.25) is 0 Å². The van der Waals surface area contributed by atoms with E-state index in [0.29, 0.717) is 5.82 Å². The maximum absolute atomic E-state index is 12.3. The molecule has 11 heteroatoms. The quantitative estimate of drug-likeness (QED) is 0.784. The molecule has 0 aromatic carbocycles. The molecule has 2 N–H and O–H groups in total. The van der Waals surface area contributed by atoms with E-state index in [1.54, 1.807) is 20.8 Å². The Kier molecular flexibility index (Phi) is 6.13. The van der Waals surface area contributed by atoms with Crippen molar-refractivity contribution in [1.29, 1.82) is 0 Å². The molecule has 0 radical (unpaired) electrons. The molecule has 1 saturated heterocycles. The Morgan fingerprint density at radius 3 is 2.73 bits per heavy atom. The predicted molar refractivity (Wildman–Crippen MR) is 97.6 cm³/mol. The largest absolute Gasteiger partial charge is 0.438 e. The first-order valence-electron chi connectivity index (χ1n) is 8.04. The number of piperazine rings is 1. The zero-order valence-corrected chi connectivity index (χ0v) is 16.8.